The molecule has 4 rings (SSSR count). The standard InChI is InChI=1S/C25H23N3O3S/c1-16-7-6-10-21(17(16)2)26-23(29)15-32-25-27-22-9-5-4-8-20(22)24(30)28(25)18-11-13-19(31-3)14-12-18/h4-14H,15H2,1-3H3,(H,26,29). The maximum Gasteiger partial charge on any atom is 0.266 e. The van der Waals surface area contributed by atoms with Crippen molar-refractivity contribution >= 4 is 34.3 Å². The number of benzene rings is 3. The van der Waals surface area contributed by atoms with Crippen LogP contribution >= 0.6 is 11.8 Å². The molecule has 0 aliphatic carbocycles. The van der Waals surface area contributed by atoms with E-state index in [1.165, 1.54) is 16.3 Å². The molecule has 0 saturated heterocycles. The number of aryl methyl sites for hydroxylation is 1. The number of thioether (sulfide) groups is 1. The second kappa shape index (κ2) is 9.28. The van der Waals surface area contributed by atoms with E-state index in [0.29, 0.717) is 27.5 Å². The molecule has 162 valence electrons. The van der Waals surface area contributed by atoms with Crippen molar-refractivity contribution in [3.63, 3.8) is 0 Å². The predicted octanol–water partition coefficient (Wildman–Crippen LogP) is 4.74. The quantitative estimate of drug-likeness (QED) is 0.343. The number of amides is 1. The molecule has 7 heteroatoms. The van der Waals surface area contributed by atoms with Crippen LogP contribution in [0.4, 0.5) is 5.69 Å². The van der Waals surface area contributed by atoms with Gasteiger partial charge in [-0.3, -0.25) is 14.2 Å². The van der Waals surface area contributed by atoms with Crippen molar-refractivity contribution in [2.75, 3.05) is 18.2 Å². The summed E-state index contributed by atoms with van der Waals surface area (Å²) < 4.78 is 6.77. The average Bonchev–Trinajstić information content (AvgIpc) is 2.81. The number of nitrogens with zero attached hydrogens (tertiary/aromatic N) is 2. The van der Waals surface area contributed by atoms with Gasteiger partial charge in [0, 0.05) is 5.69 Å². The van der Waals surface area contributed by atoms with Gasteiger partial charge >= 0.3 is 0 Å². The van der Waals surface area contributed by atoms with Crippen LogP contribution in [0.15, 0.2) is 76.7 Å². The van der Waals surface area contributed by atoms with Gasteiger partial charge in [-0.1, -0.05) is 36.0 Å². The summed E-state index contributed by atoms with van der Waals surface area (Å²) >= 11 is 1.23. The summed E-state index contributed by atoms with van der Waals surface area (Å²) in [5.74, 6) is 0.652. The van der Waals surface area contributed by atoms with Crippen LogP contribution in [0, 0.1) is 13.8 Å². The molecule has 1 aromatic heterocycles. The molecular weight excluding hydrogens is 422 g/mol. The maximum atomic E-state index is 13.3. The van der Waals surface area contributed by atoms with Crippen LogP contribution in [0.5, 0.6) is 5.75 Å². The van der Waals surface area contributed by atoms with Crippen LogP contribution in [0.2, 0.25) is 0 Å². The van der Waals surface area contributed by atoms with Gasteiger partial charge in [0.2, 0.25) is 5.91 Å². The molecule has 1 N–H and O–H groups in total. The first-order valence-electron chi connectivity index (χ1n) is 10.1. The van der Waals surface area contributed by atoms with E-state index in [0.717, 1.165) is 16.8 Å². The summed E-state index contributed by atoms with van der Waals surface area (Å²) in [7, 11) is 1.59. The minimum absolute atomic E-state index is 0.119. The summed E-state index contributed by atoms with van der Waals surface area (Å²) in [5.41, 5.74) is 4.00. The van der Waals surface area contributed by atoms with E-state index in [4.69, 9.17) is 4.74 Å². The van der Waals surface area contributed by atoms with Crippen LogP contribution < -0.4 is 15.6 Å². The monoisotopic (exact) mass is 445 g/mol. The first-order valence-corrected chi connectivity index (χ1v) is 11.1. The van der Waals surface area contributed by atoms with E-state index in [1.807, 2.05) is 44.2 Å². The smallest absolute Gasteiger partial charge is 0.266 e. The highest BCUT2D eigenvalue weighted by atomic mass is 32.2. The number of para-hydroxylation sites is 1. The lowest BCUT2D eigenvalue weighted by Crippen LogP contribution is -2.23. The summed E-state index contributed by atoms with van der Waals surface area (Å²) in [4.78, 5) is 30.6. The highest BCUT2D eigenvalue weighted by molar-refractivity contribution is 7.99. The lowest BCUT2D eigenvalue weighted by Gasteiger charge is -2.14. The largest absolute Gasteiger partial charge is 0.497 e. The Morgan fingerprint density at radius 1 is 1.03 bits per heavy atom. The van der Waals surface area contributed by atoms with Crippen LogP contribution in [-0.2, 0) is 4.79 Å². The second-order valence-electron chi connectivity index (χ2n) is 7.33. The molecule has 0 aliphatic rings. The van der Waals surface area contributed by atoms with Gasteiger partial charge in [-0.25, -0.2) is 4.98 Å². The molecule has 0 fully saturated rings. The third-order valence-electron chi connectivity index (χ3n) is 5.29. The Hall–Kier alpha value is -3.58. The fourth-order valence-electron chi connectivity index (χ4n) is 3.37. The van der Waals surface area contributed by atoms with Crippen molar-refractivity contribution in [1.29, 1.82) is 0 Å². The van der Waals surface area contributed by atoms with Crippen LogP contribution in [0.25, 0.3) is 16.6 Å². The lowest BCUT2D eigenvalue weighted by molar-refractivity contribution is -0.113. The van der Waals surface area contributed by atoms with Crippen molar-refractivity contribution in [1.82, 2.24) is 9.55 Å². The number of nitrogens with one attached hydrogen (secondary N) is 1. The second-order valence-corrected chi connectivity index (χ2v) is 8.28. The van der Waals surface area contributed by atoms with Crippen molar-refractivity contribution in [2.45, 2.75) is 19.0 Å². The van der Waals surface area contributed by atoms with Crippen molar-refractivity contribution in [3.05, 3.63) is 88.2 Å². The van der Waals surface area contributed by atoms with E-state index < -0.39 is 0 Å². The molecule has 0 spiro atoms. The van der Waals surface area contributed by atoms with Gasteiger partial charge in [0.05, 0.1) is 29.5 Å². The number of methoxy groups -OCH3 is 1. The topological polar surface area (TPSA) is 73.2 Å². The number of anilines is 1. The number of ether oxygens (including phenoxy) is 1. The van der Waals surface area contributed by atoms with E-state index >= 15 is 0 Å². The molecule has 4 aromatic rings. The molecule has 0 atom stereocenters. The third kappa shape index (κ3) is 4.38. The van der Waals surface area contributed by atoms with Crippen molar-refractivity contribution < 1.29 is 9.53 Å². The van der Waals surface area contributed by atoms with Crippen molar-refractivity contribution in [2.24, 2.45) is 0 Å². The Labute approximate surface area is 190 Å². The van der Waals surface area contributed by atoms with Crippen LogP contribution in [-0.4, -0.2) is 28.3 Å². The number of hydrogen-bond acceptors (Lipinski definition) is 5. The molecular formula is C25H23N3O3S. The average molecular weight is 446 g/mol. The first-order chi connectivity index (χ1) is 15.5. The Bertz CT molecular complexity index is 1350. The van der Waals surface area contributed by atoms with Crippen LogP contribution in [0.1, 0.15) is 11.1 Å². The van der Waals surface area contributed by atoms with Gasteiger partial charge in [-0.15, -0.1) is 0 Å². The molecule has 6 nitrogen and oxygen atoms in total. The summed E-state index contributed by atoms with van der Waals surface area (Å²) in [6.07, 6.45) is 0. The molecule has 1 amide bonds. The predicted molar refractivity (Wildman–Crippen MR) is 129 cm³/mol. The minimum atomic E-state index is -0.182. The Balaban J connectivity index is 1.67. The van der Waals surface area contributed by atoms with Crippen molar-refractivity contribution in [3.8, 4) is 11.4 Å². The van der Waals surface area contributed by atoms with Gasteiger partial charge in [-0.05, 0) is 67.4 Å². The maximum absolute atomic E-state index is 13.3. The van der Waals surface area contributed by atoms with Gasteiger partial charge in [-0.2, -0.15) is 0 Å². The Morgan fingerprint density at radius 3 is 2.53 bits per heavy atom. The fourth-order valence-corrected chi connectivity index (χ4v) is 4.18. The van der Waals surface area contributed by atoms with Gasteiger partial charge in [0.25, 0.3) is 5.56 Å². The number of fused-ring (bicyclic) bond motifs is 1. The molecule has 0 unspecified atom stereocenters. The van der Waals surface area contributed by atoms with Crippen LogP contribution in [0.3, 0.4) is 0 Å². The third-order valence-corrected chi connectivity index (χ3v) is 6.23. The molecule has 0 saturated carbocycles. The van der Waals surface area contributed by atoms with Gasteiger partial charge < -0.3 is 10.1 Å². The normalized spacial score (nSPS) is 10.8. The highest BCUT2D eigenvalue weighted by Crippen LogP contribution is 2.24. The summed E-state index contributed by atoms with van der Waals surface area (Å²) in [6, 6.07) is 20.2. The SMILES string of the molecule is COc1ccc(-n2c(SCC(=O)Nc3cccc(C)c3C)nc3ccccc3c2=O)cc1. The molecule has 0 aliphatic heterocycles. The Morgan fingerprint density at radius 2 is 1.78 bits per heavy atom. The first kappa shape index (κ1) is 21.6. The number of rotatable bonds is 6. The minimum Gasteiger partial charge on any atom is -0.497 e. The Kier molecular flexibility index (Phi) is 6.28. The lowest BCUT2D eigenvalue weighted by atomic mass is 10.1. The summed E-state index contributed by atoms with van der Waals surface area (Å²) in [5, 5.41) is 3.93. The van der Waals surface area contributed by atoms with E-state index in [1.54, 1.807) is 43.5 Å². The molecule has 1 heterocycles. The molecule has 32 heavy (non-hydrogen) atoms. The molecule has 0 bridgehead atoms. The highest BCUT2D eigenvalue weighted by Gasteiger charge is 2.15. The van der Waals surface area contributed by atoms with E-state index in [-0.39, 0.29) is 17.2 Å². The number of aromatic nitrogens is 2. The summed E-state index contributed by atoms with van der Waals surface area (Å²) in [6.45, 7) is 3.98. The molecule has 0 radical (unpaired) electrons. The number of hydrogen-bond donors (Lipinski definition) is 1. The number of carbonyl (C=O) groups is 1. The molecule has 3 aromatic carbocycles. The van der Waals surface area contributed by atoms with Gasteiger partial charge in [0.15, 0.2) is 5.16 Å². The zero-order chi connectivity index (χ0) is 22.7. The van der Waals surface area contributed by atoms with E-state index in [9.17, 15) is 9.59 Å². The number of carbonyl (C=O) groups excluding carboxylic acids is 1. The fraction of sp³-hybridized carbons (Fsp3) is 0.160. The zero-order valence-corrected chi connectivity index (χ0v) is 18.9. The van der Waals surface area contributed by atoms with Gasteiger partial charge in [0.1, 0.15) is 5.75 Å². The zero-order valence-electron chi connectivity index (χ0n) is 18.1. The van der Waals surface area contributed by atoms with E-state index in [2.05, 4.69) is 10.3 Å².